The monoisotopic (exact) mass is 548 g/mol. The second kappa shape index (κ2) is 9.56. The van der Waals surface area contributed by atoms with Crippen molar-refractivity contribution in [1.82, 2.24) is 0 Å². The number of phenolic OH excluding ortho intramolecular Hbond substituents is 1. The van der Waals surface area contributed by atoms with Gasteiger partial charge in [0.1, 0.15) is 5.75 Å². The highest BCUT2D eigenvalue weighted by molar-refractivity contribution is 6.31. The summed E-state index contributed by atoms with van der Waals surface area (Å²) < 4.78 is 0. The number of aromatic hydroxyl groups is 1. The quantitative estimate of drug-likeness (QED) is 0.274. The van der Waals surface area contributed by atoms with E-state index in [1.165, 1.54) is 6.07 Å². The van der Waals surface area contributed by atoms with Crippen molar-refractivity contribution in [3.63, 3.8) is 0 Å². The Morgan fingerprint density at radius 3 is 2.33 bits per heavy atom. The van der Waals surface area contributed by atoms with Crippen molar-refractivity contribution in [3.8, 4) is 5.75 Å². The lowest BCUT2D eigenvalue weighted by Crippen LogP contribution is -2.68. The number of rotatable bonds is 4. The Morgan fingerprint density at radius 2 is 1.70 bits per heavy atom. The molecule has 5 rings (SSSR count). The number of nitrogens with zero attached hydrogens (tertiary/aromatic N) is 1. The lowest BCUT2D eigenvalue weighted by molar-refractivity contribution is -0.175. The van der Waals surface area contributed by atoms with E-state index in [0.717, 1.165) is 0 Å². The van der Waals surface area contributed by atoms with Gasteiger partial charge in [-0.3, -0.25) is 24.0 Å². The molecule has 0 heterocycles. The van der Waals surface area contributed by atoms with Crippen LogP contribution in [0, 0.1) is 23.7 Å². The Morgan fingerprint density at radius 1 is 1.02 bits per heavy atom. The first kappa shape index (κ1) is 27.0. The first-order chi connectivity index (χ1) is 18.9. The van der Waals surface area contributed by atoms with E-state index >= 15 is 0 Å². The van der Waals surface area contributed by atoms with Gasteiger partial charge in [-0.1, -0.05) is 18.2 Å². The zero-order chi connectivity index (χ0) is 29.1. The fourth-order valence-corrected chi connectivity index (χ4v) is 6.32. The van der Waals surface area contributed by atoms with E-state index in [-0.39, 0.29) is 24.1 Å². The molecule has 2 aromatic rings. The molecule has 2 saturated carbocycles. The minimum atomic E-state index is -2.73. The molecule has 12 nitrogen and oxygen atoms in total. The van der Waals surface area contributed by atoms with Gasteiger partial charge in [0.25, 0.3) is 0 Å². The van der Waals surface area contributed by atoms with E-state index < -0.39 is 76.5 Å². The first-order valence-electron chi connectivity index (χ1n) is 12.7. The molecule has 6 N–H and O–H groups in total. The molecule has 0 aromatic heterocycles. The number of hydrogen-bond donors (Lipinski definition) is 5. The second-order valence-corrected chi connectivity index (χ2v) is 10.7. The highest BCUT2D eigenvalue weighted by Gasteiger charge is 2.66. The minimum absolute atomic E-state index is 0.00579. The largest absolute Gasteiger partial charge is 0.505 e. The number of urea groups is 1. The smallest absolute Gasteiger partial charge is 0.323 e. The van der Waals surface area contributed by atoms with Crippen LogP contribution in [0.3, 0.4) is 0 Å². The lowest BCUT2D eigenvalue weighted by atomic mass is 9.53. The van der Waals surface area contributed by atoms with E-state index in [4.69, 9.17) is 5.73 Å². The molecule has 0 bridgehead atoms. The molecular weight excluding hydrogens is 520 g/mol. The molecule has 2 aromatic carbocycles. The number of ketones is 4. The summed E-state index contributed by atoms with van der Waals surface area (Å²) in [7, 11) is 3.43. The van der Waals surface area contributed by atoms with Crippen LogP contribution < -0.4 is 21.3 Å². The zero-order valence-corrected chi connectivity index (χ0v) is 21.8. The van der Waals surface area contributed by atoms with Crippen LogP contribution in [0.15, 0.2) is 36.4 Å². The molecular formula is C28H28N4O8. The number of primary amides is 1. The van der Waals surface area contributed by atoms with Crippen molar-refractivity contribution in [2.75, 3.05) is 29.6 Å². The van der Waals surface area contributed by atoms with Crippen molar-refractivity contribution >= 4 is 52.1 Å². The highest BCUT2D eigenvalue weighted by Crippen LogP contribution is 2.52. The maximum Gasteiger partial charge on any atom is 0.323 e. The molecule has 12 heteroatoms. The average Bonchev–Trinajstić information content (AvgIpc) is 2.88. The van der Waals surface area contributed by atoms with Crippen molar-refractivity contribution in [2.45, 2.75) is 24.9 Å². The Bertz CT molecular complexity index is 1490. The number of amides is 3. The van der Waals surface area contributed by atoms with Crippen LogP contribution in [0.25, 0.3) is 0 Å². The van der Waals surface area contributed by atoms with Crippen molar-refractivity contribution in [2.24, 2.45) is 29.4 Å². The molecule has 2 unspecified atom stereocenters. The minimum Gasteiger partial charge on any atom is -0.505 e. The van der Waals surface area contributed by atoms with Crippen molar-refractivity contribution in [1.29, 1.82) is 0 Å². The van der Waals surface area contributed by atoms with Crippen LogP contribution in [0.2, 0.25) is 0 Å². The van der Waals surface area contributed by atoms with Crippen molar-refractivity contribution < 1.29 is 39.0 Å². The van der Waals surface area contributed by atoms with Crippen LogP contribution in [0.1, 0.15) is 28.8 Å². The van der Waals surface area contributed by atoms with Gasteiger partial charge in [0, 0.05) is 37.8 Å². The van der Waals surface area contributed by atoms with Gasteiger partial charge in [0.05, 0.1) is 17.2 Å². The maximum absolute atomic E-state index is 13.9. The number of fused-ring (bicyclic) bond motifs is 3. The Kier molecular flexibility index (Phi) is 6.45. The summed E-state index contributed by atoms with van der Waals surface area (Å²) in [6.07, 6.45) is -0.283. The molecule has 0 aliphatic heterocycles. The van der Waals surface area contributed by atoms with E-state index in [2.05, 4.69) is 10.6 Å². The number of para-hydroxylation sites is 1. The molecule has 3 amide bonds. The van der Waals surface area contributed by atoms with Crippen LogP contribution >= 0.6 is 0 Å². The SMILES string of the molecule is CN(C)c1cc(NC(=O)Nc2ccccc2)c(O)c2c1C[C@H]1C[C@H]3CC(=O)C(C(N)=O)C(=O)[C@@]3(O)C(=O)C1C2=O. The van der Waals surface area contributed by atoms with Gasteiger partial charge in [-0.05, 0) is 42.5 Å². The number of nitrogens with two attached hydrogens (primary N) is 1. The number of hydrogen-bond acceptors (Lipinski definition) is 9. The molecule has 0 spiro atoms. The van der Waals surface area contributed by atoms with Gasteiger partial charge in [0.15, 0.2) is 34.7 Å². The Labute approximate surface area is 228 Å². The summed E-state index contributed by atoms with van der Waals surface area (Å²) in [5, 5.41) is 27.7. The fourth-order valence-electron chi connectivity index (χ4n) is 6.32. The van der Waals surface area contributed by atoms with Crippen LogP contribution in [0.4, 0.5) is 21.9 Å². The third-order valence-electron chi connectivity index (χ3n) is 8.14. The normalized spacial score (nSPS) is 27.3. The summed E-state index contributed by atoms with van der Waals surface area (Å²) in [5.41, 5.74) is 3.63. The van der Waals surface area contributed by atoms with Gasteiger partial charge in [0.2, 0.25) is 5.91 Å². The van der Waals surface area contributed by atoms with Crippen LogP contribution in [-0.4, -0.2) is 65.0 Å². The standard InChI is InChI=1S/C28H28N4O8/c1-32(2)17-11-16(31-27(39)30-14-6-4-3-5-7-14)22(34)20-15(17)9-12-8-13-10-18(33)21(26(29)38)25(37)28(13,40)24(36)19(12)23(20)35/h3-7,11-13,19,21,34,40H,8-10H2,1-2H3,(H2,29,38)(H2,30,31,39)/t12-,13+,19?,21?,28+/m1/s1. The average molecular weight is 549 g/mol. The number of carbonyl (C=O) groups excluding carboxylic acids is 6. The third kappa shape index (κ3) is 4.02. The molecule has 5 atom stereocenters. The summed E-state index contributed by atoms with van der Waals surface area (Å²) in [4.78, 5) is 79.3. The third-order valence-corrected chi connectivity index (χ3v) is 8.14. The van der Waals surface area contributed by atoms with Gasteiger partial charge in [-0.25, -0.2) is 4.79 Å². The van der Waals surface area contributed by atoms with Gasteiger partial charge < -0.3 is 31.5 Å². The van der Waals surface area contributed by atoms with E-state index in [0.29, 0.717) is 16.9 Å². The van der Waals surface area contributed by atoms with Gasteiger partial charge >= 0.3 is 6.03 Å². The summed E-state index contributed by atoms with van der Waals surface area (Å²) >= 11 is 0. The predicted molar refractivity (Wildman–Crippen MR) is 142 cm³/mol. The molecule has 3 aliphatic rings. The number of aliphatic hydroxyl groups is 1. The Balaban J connectivity index is 1.54. The number of benzene rings is 2. The molecule has 0 saturated heterocycles. The summed E-state index contributed by atoms with van der Waals surface area (Å²) in [6.45, 7) is 0. The first-order valence-corrected chi connectivity index (χ1v) is 12.7. The predicted octanol–water partition coefficient (Wildman–Crippen LogP) is 1.04. The summed E-state index contributed by atoms with van der Waals surface area (Å²) in [5.74, 6) is -11.1. The molecule has 40 heavy (non-hydrogen) atoms. The topological polar surface area (TPSA) is 196 Å². The molecule has 0 radical (unpaired) electrons. The second-order valence-electron chi connectivity index (χ2n) is 10.7. The van der Waals surface area contributed by atoms with E-state index in [1.54, 1.807) is 49.3 Å². The van der Waals surface area contributed by atoms with Crippen LogP contribution in [-0.2, 0) is 25.6 Å². The number of Topliss-reactive ketones (excluding diaryl/α,β-unsaturated/α-hetero) is 4. The number of anilines is 3. The fraction of sp³-hybridized carbons (Fsp3) is 0.357. The number of carbonyl (C=O) groups is 6. The van der Waals surface area contributed by atoms with E-state index in [9.17, 15) is 39.0 Å². The number of phenols is 1. The Hall–Kier alpha value is -4.58. The molecule has 208 valence electrons. The zero-order valence-electron chi connectivity index (χ0n) is 21.8. The molecule has 2 fully saturated rings. The van der Waals surface area contributed by atoms with Crippen LogP contribution in [0.5, 0.6) is 5.75 Å². The van der Waals surface area contributed by atoms with Gasteiger partial charge in [-0.2, -0.15) is 0 Å². The molecule has 3 aliphatic carbocycles. The maximum atomic E-state index is 13.9. The van der Waals surface area contributed by atoms with Gasteiger partial charge in [-0.15, -0.1) is 0 Å². The highest BCUT2D eigenvalue weighted by atomic mass is 16.3. The lowest BCUT2D eigenvalue weighted by Gasteiger charge is -2.48. The van der Waals surface area contributed by atoms with Crippen molar-refractivity contribution in [3.05, 3.63) is 47.5 Å². The van der Waals surface area contributed by atoms with E-state index in [1.807, 2.05) is 0 Å². The number of nitrogens with one attached hydrogen (secondary N) is 2. The summed E-state index contributed by atoms with van der Waals surface area (Å²) in [6, 6.07) is 9.38.